The average molecular weight is 348 g/mol. The SMILES string of the molecule is c1cc2ccc3c4ccc5ccsc5c4c4nsnc4c3c2s1. The minimum absolute atomic E-state index is 1.05. The number of hydrogen-bond acceptors (Lipinski definition) is 5. The lowest BCUT2D eigenvalue weighted by molar-refractivity contribution is 1.72. The maximum absolute atomic E-state index is 4.66. The summed E-state index contributed by atoms with van der Waals surface area (Å²) < 4.78 is 11.9. The van der Waals surface area contributed by atoms with Crippen molar-refractivity contribution >= 4 is 87.2 Å². The third-order valence-electron chi connectivity index (χ3n) is 4.50. The van der Waals surface area contributed by atoms with Gasteiger partial charge in [-0.3, -0.25) is 0 Å². The van der Waals surface area contributed by atoms with Gasteiger partial charge in [0.2, 0.25) is 0 Å². The van der Waals surface area contributed by atoms with Crippen molar-refractivity contribution in [3.63, 3.8) is 0 Å². The zero-order valence-electron chi connectivity index (χ0n) is 11.7. The second-order valence-corrected chi connectivity index (χ2v) is 7.98. The Labute approximate surface area is 142 Å². The Morgan fingerprint density at radius 1 is 0.609 bits per heavy atom. The van der Waals surface area contributed by atoms with Crippen LogP contribution < -0.4 is 0 Å². The number of thiophene rings is 2. The van der Waals surface area contributed by atoms with Crippen molar-refractivity contribution in [2.75, 3.05) is 0 Å². The highest BCUT2D eigenvalue weighted by molar-refractivity contribution is 7.19. The molecule has 0 bridgehead atoms. The summed E-state index contributed by atoms with van der Waals surface area (Å²) in [5.74, 6) is 0. The fourth-order valence-corrected chi connectivity index (χ4v) is 5.95. The molecule has 6 aromatic rings. The molecule has 0 aliphatic rings. The van der Waals surface area contributed by atoms with Gasteiger partial charge in [-0.25, -0.2) is 0 Å². The van der Waals surface area contributed by atoms with Crippen LogP contribution in [0.4, 0.5) is 0 Å². The van der Waals surface area contributed by atoms with E-state index in [1.165, 1.54) is 53.4 Å². The van der Waals surface area contributed by atoms with Gasteiger partial charge in [-0.15, -0.1) is 22.7 Å². The molecule has 108 valence electrons. The summed E-state index contributed by atoms with van der Waals surface area (Å²) in [6.07, 6.45) is 0. The topological polar surface area (TPSA) is 25.8 Å². The predicted octanol–water partition coefficient (Wildman–Crippen LogP) is 6.43. The fraction of sp³-hybridized carbons (Fsp3) is 0. The molecule has 23 heavy (non-hydrogen) atoms. The van der Waals surface area contributed by atoms with Crippen LogP contribution in [0, 0.1) is 0 Å². The minimum atomic E-state index is 1.05. The molecular weight excluding hydrogens is 340 g/mol. The maximum atomic E-state index is 4.66. The van der Waals surface area contributed by atoms with E-state index in [2.05, 4.69) is 55.9 Å². The minimum Gasteiger partial charge on any atom is -0.172 e. The highest BCUT2D eigenvalue weighted by atomic mass is 32.1. The Morgan fingerprint density at radius 3 is 1.65 bits per heavy atom. The van der Waals surface area contributed by atoms with Crippen LogP contribution in [0.15, 0.2) is 47.2 Å². The van der Waals surface area contributed by atoms with Gasteiger partial charge in [0.1, 0.15) is 11.0 Å². The zero-order chi connectivity index (χ0) is 15.0. The summed E-state index contributed by atoms with van der Waals surface area (Å²) in [6, 6.07) is 13.3. The van der Waals surface area contributed by atoms with Crippen molar-refractivity contribution in [1.29, 1.82) is 0 Å². The average Bonchev–Trinajstić information content (AvgIpc) is 3.32. The highest BCUT2D eigenvalue weighted by Gasteiger charge is 2.17. The first-order chi connectivity index (χ1) is 11.4. The molecule has 5 heteroatoms. The van der Waals surface area contributed by atoms with Crippen LogP contribution in [0.1, 0.15) is 0 Å². The smallest absolute Gasteiger partial charge is 0.114 e. The molecule has 0 saturated carbocycles. The Kier molecular flexibility index (Phi) is 2.29. The summed E-state index contributed by atoms with van der Waals surface area (Å²) in [7, 11) is 0. The zero-order valence-corrected chi connectivity index (χ0v) is 14.2. The van der Waals surface area contributed by atoms with Crippen molar-refractivity contribution in [3.05, 3.63) is 47.2 Å². The van der Waals surface area contributed by atoms with E-state index in [0.29, 0.717) is 0 Å². The number of aromatic nitrogens is 2. The van der Waals surface area contributed by atoms with E-state index >= 15 is 0 Å². The first-order valence-corrected chi connectivity index (χ1v) is 9.75. The highest BCUT2D eigenvalue weighted by Crippen LogP contribution is 2.42. The van der Waals surface area contributed by atoms with E-state index in [9.17, 15) is 0 Å². The van der Waals surface area contributed by atoms with E-state index in [0.717, 1.165) is 11.0 Å². The second-order valence-electron chi connectivity index (χ2n) is 5.62. The summed E-state index contributed by atoms with van der Waals surface area (Å²) in [6.45, 7) is 0. The maximum Gasteiger partial charge on any atom is 0.114 e. The van der Waals surface area contributed by atoms with E-state index in [-0.39, 0.29) is 0 Å². The Morgan fingerprint density at radius 2 is 1.13 bits per heavy atom. The normalized spacial score (nSPS) is 12.3. The molecule has 0 spiro atoms. The first-order valence-electron chi connectivity index (χ1n) is 7.26. The Balaban J connectivity index is 2.08. The van der Waals surface area contributed by atoms with E-state index in [1.807, 2.05) is 0 Å². The molecule has 0 N–H and O–H groups in total. The standard InChI is InChI=1S/C18H8N2S3/c1-3-11-12-4-2-10-6-8-22-18(10)14(12)16-15(19-23-20-16)13(11)17-9(1)5-7-21-17/h1-8H. The van der Waals surface area contributed by atoms with Crippen LogP contribution in [0.2, 0.25) is 0 Å². The van der Waals surface area contributed by atoms with Gasteiger partial charge in [-0.1, -0.05) is 24.3 Å². The van der Waals surface area contributed by atoms with Gasteiger partial charge in [0.05, 0.1) is 11.7 Å². The first kappa shape index (κ1) is 12.4. The molecular formula is C18H8N2S3. The summed E-state index contributed by atoms with van der Waals surface area (Å²) in [5.41, 5.74) is 2.10. The molecule has 0 amide bonds. The van der Waals surface area contributed by atoms with Crippen molar-refractivity contribution < 1.29 is 0 Å². The number of benzene rings is 3. The van der Waals surface area contributed by atoms with Crippen LogP contribution >= 0.6 is 34.4 Å². The molecule has 0 unspecified atom stereocenters. The van der Waals surface area contributed by atoms with Gasteiger partial charge >= 0.3 is 0 Å². The van der Waals surface area contributed by atoms with Gasteiger partial charge in [0, 0.05) is 20.2 Å². The van der Waals surface area contributed by atoms with Gasteiger partial charge < -0.3 is 0 Å². The quantitative estimate of drug-likeness (QED) is 0.296. The lowest BCUT2D eigenvalue weighted by atomic mass is 9.98. The number of rotatable bonds is 0. The van der Waals surface area contributed by atoms with E-state index in [1.54, 1.807) is 22.7 Å². The fourth-order valence-electron chi connectivity index (χ4n) is 3.50. The van der Waals surface area contributed by atoms with Crippen LogP contribution in [-0.2, 0) is 0 Å². The molecule has 6 rings (SSSR count). The summed E-state index contributed by atoms with van der Waals surface area (Å²) in [5, 5.41) is 12.0. The Bertz CT molecular complexity index is 1270. The van der Waals surface area contributed by atoms with Crippen LogP contribution in [0.25, 0.3) is 52.8 Å². The van der Waals surface area contributed by atoms with Crippen molar-refractivity contribution in [3.8, 4) is 0 Å². The third kappa shape index (κ3) is 1.47. The van der Waals surface area contributed by atoms with Crippen molar-refractivity contribution in [2.24, 2.45) is 0 Å². The molecule has 0 atom stereocenters. The molecule has 2 nitrogen and oxygen atoms in total. The van der Waals surface area contributed by atoms with Crippen molar-refractivity contribution in [1.82, 2.24) is 8.75 Å². The van der Waals surface area contributed by atoms with Gasteiger partial charge in [0.25, 0.3) is 0 Å². The lowest BCUT2D eigenvalue weighted by Gasteiger charge is -2.07. The van der Waals surface area contributed by atoms with Crippen LogP contribution in [-0.4, -0.2) is 8.75 Å². The van der Waals surface area contributed by atoms with Gasteiger partial charge in [0.15, 0.2) is 0 Å². The van der Waals surface area contributed by atoms with Crippen LogP contribution in [0.5, 0.6) is 0 Å². The molecule has 0 aliphatic heterocycles. The molecule has 0 fully saturated rings. The number of nitrogens with zero attached hydrogens (tertiary/aromatic N) is 2. The molecule has 0 saturated heterocycles. The molecule has 0 aliphatic carbocycles. The molecule has 3 aromatic heterocycles. The largest absolute Gasteiger partial charge is 0.172 e. The second kappa shape index (κ2) is 4.26. The summed E-state index contributed by atoms with van der Waals surface area (Å²) >= 11 is 4.89. The monoisotopic (exact) mass is 348 g/mol. The number of fused-ring (bicyclic) bond motifs is 10. The third-order valence-corrected chi connectivity index (χ3v) is 6.92. The molecule has 3 heterocycles. The predicted molar refractivity (Wildman–Crippen MR) is 103 cm³/mol. The van der Waals surface area contributed by atoms with Crippen molar-refractivity contribution in [2.45, 2.75) is 0 Å². The van der Waals surface area contributed by atoms with E-state index in [4.69, 9.17) is 0 Å². The van der Waals surface area contributed by atoms with Crippen LogP contribution in [0.3, 0.4) is 0 Å². The lowest BCUT2D eigenvalue weighted by Crippen LogP contribution is -1.83. The molecule has 3 aromatic carbocycles. The summed E-state index contributed by atoms with van der Waals surface area (Å²) in [4.78, 5) is 0. The van der Waals surface area contributed by atoms with Gasteiger partial charge in [-0.2, -0.15) is 8.75 Å². The number of hydrogen-bond donors (Lipinski definition) is 0. The Hall–Kier alpha value is -2.08. The molecule has 0 radical (unpaired) electrons. The van der Waals surface area contributed by atoms with E-state index < -0.39 is 0 Å². The van der Waals surface area contributed by atoms with Gasteiger partial charge in [-0.05, 0) is 44.4 Å².